The molecule has 1 aliphatic heterocycles. The minimum absolute atomic E-state index is 0.113. The van der Waals surface area contributed by atoms with Crippen molar-refractivity contribution >= 4 is 28.6 Å². The van der Waals surface area contributed by atoms with Crippen LogP contribution in [0.3, 0.4) is 0 Å². The van der Waals surface area contributed by atoms with E-state index in [-0.39, 0.29) is 12.0 Å². The molecule has 1 saturated carbocycles. The number of fused-ring (bicyclic) bond motifs is 1. The summed E-state index contributed by atoms with van der Waals surface area (Å²) < 4.78 is 2.36. The molecule has 1 atom stereocenters. The number of carbonyl (C=O) groups excluding carboxylic acids is 1. The van der Waals surface area contributed by atoms with Gasteiger partial charge in [0.25, 0.3) is 5.91 Å². The van der Waals surface area contributed by atoms with E-state index in [1.165, 1.54) is 5.56 Å². The smallest absolute Gasteiger partial charge is 0.253 e. The van der Waals surface area contributed by atoms with E-state index >= 15 is 0 Å². The predicted octanol–water partition coefficient (Wildman–Crippen LogP) is 5.59. The molecule has 39 heavy (non-hydrogen) atoms. The lowest BCUT2D eigenvalue weighted by molar-refractivity contribution is 0.0713. The molecule has 0 bridgehead atoms. The number of likely N-dealkylation sites (tertiary alicyclic amines) is 1. The summed E-state index contributed by atoms with van der Waals surface area (Å²) >= 11 is 0. The van der Waals surface area contributed by atoms with Crippen molar-refractivity contribution in [3.63, 3.8) is 0 Å². The average Bonchev–Trinajstić information content (AvgIpc) is 3.32. The molecule has 2 aliphatic rings. The number of aliphatic hydroxyl groups excluding tert-OH is 1. The molecule has 8 nitrogen and oxygen atoms in total. The highest BCUT2D eigenvalue weighted by molar-refractivity contribution is 5.94. The minimum Gasteiger partial charge on any atom is -0.393 e. The van der Waals surface area contributed by atoms with Gasteiger partial charge in [-0.15, -0.1) is 0 Å². The van der Waals surface area contributed by atoms with Crippen LogP contribution in [0, 0.1) is 0 Å². The van der Waals surface area contributed by atoms with Crippen molar-refractivity contribution in [3.05, 3.63) is 47.8 Å². The number of anilines is 2. The van der Waals surface area contributed by atoms with Gasteiger partial charge in [0.15, 0.2) is 0 Å². The molecule has 2 fully saturated rings. The van der Waals surface area contributed by atoms with E-state index in [0.29, 0.717) is 23.9 Å². The summed E-state index contributed by atoms with van der Waals surface area (Å²) in [6.07, 6.45) is 11.7. The highest BCUT2D eigenvalue weighted by Crippen LogP contribution is 2.38. The standard InChI is InChI=1S/C31H44N6O2/c1-5-6-21(2)33-31-32-19-27-28(20-37(29(27)34-31)25-11-13-26(38)14-12-25)22-15-17-36(18-16-22)30(39)23-7-9-24(10-8-23)35(3)4/h7-10,19-22,25-26,38H,5-6,11-18H2,1-4H3,(H,32,33,34). The summed E-state index contributed by atoms with van der Waals surface area (Å²) in [4.78, 5) is 27.0. The van der Waals surface area contributed by atoms with Gasteiger partial charge in [0.2, 0.25) is 5.95 Å². The van der Waals surface area contributed by atoms with Crippen LogP contribution in [0.2, 0.25) is 0 Å². The largest absolute Gasteiger partial charge is 0.393 e. The summed E-state index contributed by atoms with van der Waals surface area (Å²) in [6.45, 7) is 5.86. The molecule has 1 saturated heterocycles. The van der Waals surface area contributed by atoms with E-state index in [9.17, 15) is 9.90 Å². The summed E-state index contributed by atoms with van der Waals surface area (Å²) in [5.74, 6) is 1.16. The van der Waals surface area contributed by atoms with Crippen molar-refractivity contribution < 1.29 is 9.90 Å². The van der Waals surface area contributed by atoms with Crippen LogP contribution < -0.4 is 10.2 Å². The van der Waals surface area contributed by atoms with Crippen molar-refractivity contribution in [1.29, 1.82) is 0 Å². The molecule has 2 N–H and O–H groups in total. The van der Waals surface area contributed by atoms with Crippen LogP contribution in [0.1, 0.15) is 93.1 Å². The number of nitrogens with one attached hydrogen (secondary N) is 1. The van der Waals surface area contributed by atoms with Gasteiger partial charge < -0.3 is 24.8 Å². The topological polar surface area (TPSA) is 86.5 Å². The van der Waals surface area contributed by atoms with Crippen LogP contribution in [0.15, 0.2) is 36.7 Å². The molecule has 5 rings (SSSR count). The molecule has 0 spiro atoms. The highest BCUT2D eigenvalue weighted by Gasteiger charge is 2.30. The quantitative estimate of drug-likeness (QED) is 0.393. The first-order valence-electron chi connectivity index (χ1n) is 14.7. The monoisotopic (exact) mass is 532 g/mol. The Morgan fingerprint density at radius 1 is 1.10 bits per heavy atom. The maximum Gasteiger partial charge on any atom is 0.253 e. The van der Waals surface area contributed by atoms with Crippen molar-refractivity contribution in [1.82, 2.24) is 19.4 Å². The Morgan fingerprint density at radius 2 is 1.79 bits per heavy atom. The van der Waals surface area contributed by atoms with Gasteiger partial charge in [-0.25, -0.2) is 4.98 Å². The number of amides is 1. The first-order valence-corrected chi connectivity index (χ1v) is 14.7. The normalized spacial score (nSPS) is 21.2. The van der Waals surface area contributed by atoms with Crippen molar-refractivity contribution in [3.8, 4) is 0 Å². The number of aliphatic hydroxyl groups is 1. The van der Waals surface area contributed by atoms with Crippen LogP contribution in [-0.2, 0) is 0 Å². The van der Waals surface area contributed by atoms with Gasteiger partial charge in [0.1, 0.15) is 5.65 Å². The molecule has 1 amide bonds. The van der Waals surface area contributed by atoms with Gasteiger partial charge >= 0.3 is 0 Å². The Balaban J connectivity index is 1.35. The zero-order valence-electron chi connectivity index (χ0n) is 23.9. The molecule has 3 aromatic rings. The number of hydrogen-bond donors (Lipinski definition) is 2. The number of piperidine rings is 1. The van der Waals surface area contributed by atoms with Crippen molar-refractivity contribution in [2.24, 2.45) is 0 Å². The van der Waals surface area contributed by atoms with Crippen molar-refractivity contribution in [2.75, 3.05) is 37.4 Å². The van der Waals surface area contributed by atoms with E-state index in [4.69, 9.17) is 9.97 Å². The van der Waals surface area contributed by atoms with Crippen LogP contribution in [0.4, 0.5) is 11.6 Å². The lowest BCUT2D eigenvalue weighted by Crippen LogP contribution is -2.37. The number of carbonyl (C=O) groups is 1. The fraction of sp³-hybridized carbons (Fsp3) is 0.581. The highest BCUT2D eigenvalue weighted by atomic mass is 16.3. The zero-order chi connectivity index (χ0) is 27.5. The summed E-state index contributed by atoms with van der Waals surface area (Å²) in [5.41, 5.74) is 4.13. The van der Waals surface area contributed by atoms with Crippen molar-refractivity contribution in [2.45, 2.75) is 89.3 Å². The number of nitrogens with zero attached hydrogens (tertiary/aromatic N) is 5. The van der Waals surface area contributed by atoms with E-state index in [0.717, 1.165) is 86.7 Å². The molecule has 0 radical (unpaired) electrons. The third-order valence-electron chi connectivity index (χ3n) is 8.61. The SMILES string of the molecule is CCCC(C)Nc1ncc2c(C3CCN(C(=O)c4ccc(N(C)C)cc4)CC3)cn(C3CCC(O)CC3)c2n1. The fourth-order valence-electron chi connectivity index (χ4n) is 6.27. The third-order valence-corrected chi connectivity index (χ3v) is 8.61. The second-order valence-electron chi connectivity index (χ2n) is 11.7. The summed E-state index contributed by atoms with van der Waals surface area (Å²) in [7, 11) is 4.01. The molecular weight excluding hydrogens is 488 g/mol. The summed E-state index contributed by atoms with van der Waals surface area (Å²) in [5, 5.41) is 14.7. The molecule has 1 aliphatic carbocycles. The van der Waals surface area contributed by atoms with E-state index in [2.05, 4.69) is 29.9 Å². The van der Waals surface area contributed by atoms with Gasteiger partial charge in [-0.3, -0.25) is 4.79 Å². The summed E-state index contributed by atoms with van der Waals surface area (Å²) in [6, 6.07) is 8.54. The molecular formula is C31H44N6O2. The molecule has 2 aromatic heterocycles. The second kappa shape index (κ2) is 11.9. The predicted molar refractivity (Wildman–Crippen MR) is 158 cm³/mol. The van der Waals surface area contributed by atoms with Crippen LogP contribution >= 0.6 is 0 Å². The first kappa shape index (κ1) is 27.4. The Kier molecular flexibility index (Phi) is 8.40. The molecule has 210 valence electrons. The number of rotatable bonds is 8. The third kappa shape index (κ3) is 6.06. The number of benzene rings is 1. The molecule has 3 heterocycles. The zero-order valence-corrected chi connectivity index (χ0v) is 23.9. The van der Waals surface area contributed by atoms with E-state index < -0.39 is 0 Å². The van der Waals surface area contributed by atoms with Crippen LogP contribution in [0.25, 0.3) is 11.0 Å². The van der Waals surface area contributed by atoms with Crippen LogP contribution in [-0.4, -0.2) is 69.8 Å². The number of aromatic nitrogens is 3. The average molecular weight is 533 g/mol. The maximum absolute atomic E-state index is 13.2. The minimum atomic E-state index is -0.190. The second-order valence-corrected chi connectivity index (χ2v) is 11.7. The van der Waals surface area contributed by atoms with Crippen LogP contribution in [0.5, 0.6) is 0 Å². The molecule has 8 heteroatoms. The lowest BCUT2D eigenvalue weighted by Gasteiger charge is -2.32. The first-order chi connectivity index (χ1) is 18.8. The van der Waals surface area contributed by atoms with Gasteiger partial charge in [-0.1, -0.05) is 13.3 Å². The van der Waals surface area contributed by atoms with E-state index in [1.807, 2.05) is 54.4 Å². The Morgan fingerprint density at radius 3 is 2.44 bits per heavy atom. The van der Waals surface area contributed by atoms with Gasteiger partial charge in [0.05, 0.1) is 6.10 Å². The molecule has 1 unspecified atom stereocenters. The fourth-order valence-corrected chi connectivity index (χ4v) is 6.27. The Hall–Kier alpha value is -3.13. The van der Waals surface area contributed by atoms with E-state index in [1.54, 1.807) is 0 Å². The Labute approximate surface area is 232 Å². The number of hydrogen-bond acceptors (Lipinski definition) is 6. The lowest BCUT2D eigenvalue weighted by atomic mass is 9.89. The van der Waals surface area contributed by atoms with Gasteiger partial charge in [-0.05, 0) is 87.6 Å². The Bertz CT molecular complexity index is 1250. The van der Waals surface area contributed by atoms with Gasteiger partial charge in [0, 0.05) is 68.3 Å². The maximum atomic E-state index is 13.2. The van der Waals surface area contributed by atoms with Gasteiger partial charge in [-0.2, -0.15) is 4.98 Å². The molecule has 1 aromatic carbocycles.